The second-order valence-electron chi connectivity index (χ2n) is 7.39. The summed E-state index contributed by atoms with van der Waals surface area (Å²) in [4.78, 5) is 0. The van der Waals surface area contributed by atoms with E-state index in [9.17, 15) is 5.11 Å². The molecular weight excluding hydrogens is 382 g/mol. The minimum atomic E-state index is -0.729. The van der Waals surface area contributed by atoms with Crippen LogP contribution in [0.25, 0.3) is 11.3 Å². The lowest BCUT2D eigenvalue weighted by atomic mass is 9.76. The molecule has 0 atom stereocenters. The summed E-state index contributed by atoms with van der Waals surface area (Å²) < 4.78 is 1.99. The van der Waals surface area contributed by atoms with E-state index in [1.807, 2.05) is 71.4 Å². The lowest BCUT2D eigenvalue weighted by Crippen LogP contribution is -2.39. The Morgan fingerprint density at radius 2 is 1.03 bits per heavy atom. The maximum absolute atomic E-state index is 9.78. The molecular formula is C27H21N3O. The van der Waals surface area contributed by atoms with Crippen molar-refractivity contribution in [2.75, 3.05) is 0 Å². The Kier molecular flexibility index (Phi) is 4.81. The van der Waals surface area contributed by atoms with Gasteiger partial charge in [0.25, 0.3) is 0 Å². The number of nitrogens with zero attached hydrogens (tertiary/aromatic N) is 3. The van der Waals surface area contributed by atoms with Crippen LogP contribution in [0.2, 0.25) is 0 Å². The molecule has 0 unspecified atom stereocenters. The van der Waals surface area contributed by atoms with Gasteiger partial charge in [0.2, 0.25) is 0 Å². The Balaban J connectivity index is 1.89. The van der Waals surface area contributed by atoms with Crippen LogP contribution in [-0.2, 0) is 5.54 Å². The van der Waals surface area contributed by atoms with Gasteiger partial charge in [-0.1, -0.05) is 96.2 Å². The van der Waals surface area contributed by atoms with Crippen molar-refractivity contribution in [3.05, 3.63) is 138 Å². The smallest absolute Gasteiger partial charge is 0.140 e. The van der Waals surface area contributed by atoms with Gasteiger partial charge in [0, 0.05) is 5.56 Å². The van der Waals surface area contributed by atoms with Crippen molar-refractivity contribution >= 4 is 0 Å². The molecule has 0 aliphatic rings. The molecule has 0 fully saturated rings. The molecule has 0 aliphatic carbocycles. The summed E-state index contributed by atoms with van der Waals surface area (Å²) in [7, 11) is 0. The van der Waals surface area contributed by atoms with E-state index in [1.165, 1.54) is 0 Å². The number of rotatable bonds is 5. The zero-order chi connectivity index (χ0) is 21.1. The maximum atomic E-state index is 9.78. The first-order valence-electron chi connectivity index (χ1n) is 10.2. The van der Waals surface area contributed by atoms with E-state index in [1.54, 1.807) is 18.3 Å². The lowest BCUT2D eigenvalue weighted by molar-refractivity contribution is 0.451. The summed E-state index contributed by atoms with van der Waals surface area (Å²) in [5.74, 6) is 0.225. The van der Waals surface area contributed by atoms with Crippen LogP contribution in [0.1, 0.15) is 16.7 Å². The fourth-order valence-electron chi connectivity index (χ4n) is 4.22. The number of hydrogen-bond donors (Lipinski definition) is 1. The highest BCUT2D eigenvalue weighted by atomic mass is 16.3. The molecule has 150 valence electrons. The van der Waals surface area contributed by atoms with Gasteiger partial charge in [-0.15, -0.1) is 5.10 Å². The molecule has 0 spiro atoms. The number of aromatic nitrogens is 3. The summed E-state index contributed by atoms with van der Waals surface area (Å²) in [6.45, 7) is 0. The summed E-state index contributed by atoms with van der Waals surface area (Å²) in [5, 5.41) is 18.7. The van der Waals surface area contributed by atoms with E-state index in [4.69, 9.17) is 0 Å². The average Bonchev–Trinajstić information content (AvgIpc) is 3.32. The standard InChI is InChI=1S/C27H21N3O/c31-25-18-16-21(17-19-25)26-20-28-29-30(26)27(22-10-4-1-5-11-22,23-12-6-2-7-13-23)24-14-8-3-9-15-24/h1-20,31H. The van der Waals surface area contributed by atoms with Gasteiger partial charge in [-0.2, -0.15) is 0 Å². The first-order valence-corrected chi connectivity index (χ1v) is 10.2. The molecule has 1 N–H and O–H groups in total. The predicted octanol–water partition coefficient (Wildman–Crippen LogP) is 5.49. The van der Waals surface area contributed by atoms with Gasteiger partial charge in [-0.3, -0.25) is 0 Å². The largest absolute Gasteiger partial charge is 0.508 e. The van der Waals surface area contributed by atoms with Crippen molar-refractivity contribution in [3.8, 4) is 17.0 Å². The summed E-state index contributed by atoms with van der Waals surface area (Å²) in [5.41, 5.74) is 4.30. The van der Waals surface area contributed by atoms with Gasteiger partial charge >= 0.3 is 0 Å². The van der Waals surface area contributed by atoms with E-state index in [0.717, 1.165) is 27.9 Å². The molecule has 5 aromatic rings. The van der Waals surface area contributed by atoms with Crippen molar-refractivity contribution in [1.82, 2.24) is 15.0 Å². The van der Waals surface area contributed by atoms with Crippen molar-refractivity contribution in [3.63, 3.8) is 0 Å². The van der Waals surface area contributed by atoms with Crippen LogP contribution in [0.15, 0.2) is 121 Å². The molecule has 1 aromatic heterocycles. The van der Waals surface area contributed by atoms with E-state index in [0.29, 0.717) is 0 Å². The van der Waals surface area contributed by atoms with Crippen LogP contribution < -0.4 is 0 Å². The second kappa shape index (κ2) is 7.92. The summed E-state index contributed by atoms with van der Waals surface area (Å²) in [6.07, 6.45) is 1.77. The highest BCUT2D eigenvalue weighted by molar-refractivity contribution is 5.62. The van der Waals surface area contributed by atoms with Crippen LogP contribution in [0.5, 0.6) is 5.75 Å². The molecule has 31 heavy (non-hydrogen) atoms. The average molecular weight is 403 g/mol. The Bertz CT molecular complexity index is 1170. The number of phenols is 1. The van der Waals surface area contributed by atoms with Crippen LogP contribution in [0, 0.1) is 0 Å². The molecule has 4 aromatic carbocycles. The molecule has 4 heteroatoms. The van der Waals surface area contributed by atoms with Crippen LogP contribution >= 0.6 is 0 Å². The Morgan fingerprint density at radius 1 is 0.581 bits per heavy atom. The SMILES string of the molecule is Oc1ccc(-c2cnnn2C(c2ccccc2)(c2ccccc2)c2ccccc2)cc1. The predicted molar refractivity (Wildman–Crippen MR) is 122 cm³/mol. The van der Waals surface area contributed by atoms with E-state index >= 15 is 0 Å². The highest BCUT2D eigenvalue weighted by Crippen LogP contribution is 2.42. The molecule has 0 aliphatic heterocycles. The topological polar surface area (TPSA) is 50.9 Å². The Labute approximate surface area is 181 Å². The van der Waals surface area contributed by atoms with Crippen LogP contribution in [0.3, 0.4) is 0 Å². The summed E-state index contributed by atoms with van der Waals surface area (Å²) in [6, 6.07) is 38.3. The van der Waals surface area contributed by atoms with Gasteiger partial charge in [-0.25, -0.2) is 4.68 Å². The van der Waals surface area contributed by atoms with Crippen molar-refractivity contribution in [2.45, 2.75) is 5.54 Å². The first kappa shape index (κ1) is 18.8. The third-order valence-corrected chi connectivity index (χ3v) is 5.60. The first-order chi connectivity index (χ1) is 15.3. The molecule has 0 bridgehead atoms. The van der Waals surface area contributed by atoms with Crippen LogP contribution in [-0.4, -0.2) is 20.1 Å². The van der Waals surface area contributed by atoms with Crippen molar-refractivity contribution < 1.29 is 5.11 Å². The molecule has 0 saturated heterocycles. The zero-order valence-corrected chi connectivity index (χ0v) is 16.8. The van der Waals surface area contributed by atoms with E-state index in [2.05, 4.69) is 46.7 Å². The number of hydrogen-bond acceptors (Lipinski definition) is 3. The molecule has 0 amide bonds. The zero-order valence-electron chi connectivity index (χ0n) is 16.8. The summed E-state index contributed by atoms with van der Waals surface area (Å²) >= 11 is 0. The number of benzene rings is 4. The monoisotopic (exact) mass is 403 g/mol. The molecule has 4 nitrogen and oxygen atoms in total. The van der Waals surface area contributed by atoms with Crippen molar-refractivity contribution in [2.24, 2.45) is 0 Å². The molecule has 5 rings (SSSR count). The number of aromatic hydroxyl groups is 1. The van der Waals surface area contributed by atoms with Gasteiger partial charge in [0.1, 0.15) is 11.3 Å². The quantitative estimate of drug-likeness (QED) is 0.395. The molecule has 1 heterocycles. The number of phenolic OH excluding ortho intramolecular Hbond substituents is 1. The maximum Gasteiger partial charge on any atom is 0.140 e. The third-order valence-electron chi connectivity index (χ3n) is 5.60. The molecule has 0 saturated carbocycles. The van der Waals surface area contributed by atoms with Gasteiger partial charge in [-0.05, 0) is 41.0 Å². The fourth-order valence-corrected chi connectivity index (χ4v) is 4.22. The molecule has 0 radical (unpaired) electrons. The fraction of sp³-hybridized carbons (Fsp3) is 0.0370. The van der Waals surface area contributed by atoms with E-state index < -0.39 is 5.54 Å². The van der Waals surface area contributed by atoms with Crippen molar-refractivity contribution in [1.29, 1.82) is 0 Å². The Morgan fingerprint density at radius 3 is 1.48 bits per heavy atom. The normalized spacial score (nSPS) is 11.4. The minimum Gasteiger partial charge on any atom is -0.508 e. The Hall–Kier alpha value is -4.18. The van der Waals surface area contributed by atoms with Gasteiger partial charge in [0.05, 0.1) is 11.9 Å². The van der Waals surface area contributed by atoms with E-state index in [-0.39, 0.29) is 5.75 Å². The lowest BCUT2D eigenvalue weighted by Gasteiger charge is -2.37. The van der Waals surface area contributed by atoms with Crippen LogP contribution in [0.4, 0.5) is 0 Å². The highest BCUT2D eigenvalue weighted by Gasteiger charge is 2.41. The minimum absolute atomic E-state index is 0.225. The van der Waals surface area contributed by atoms with Gasteiger partial charge < -0.3 is 5.11 Å². The second-order valence-corrected chi connectivity index (χ2v) is 7.39. The third kappa shape index (κ3) is 3.19. The van der Waals surface area contributed by atoms with Gasteiger partial charge in [0.15, 0.2) is 0 Å².